The van der Waals surface area contributed by atoms with E-state index in [9.17, 15) is 9.90 Å². The van der Waals surface area contributed by atoms with Gasteiger partial charge in [0.2, 0.25) is 0 Å². The summed E-state index contributed by atoms with van der Waals surface area (Å²) < 4.78 is 4.96. The Balaban J connectivity index is 3.93. The maximum atomic E-state index is 10.8. The molecular formula is C10H18O3. The van der Waals surface area contributed by atoms with Crippen molar-refractivity contribution >= 4 is 5.97 Å². The van der Waals surface area contributed by atoms with Gasteiger partial charge in [0.1, 0.15) is 6.10 Å². The summed E-state index contributed by atoms with van der Waals surface area (Å²) in [4.78, 5) is 10.8. The Morgan fingerprint density at radius 3 is 2.69 bits per heavy atom. The van der Waals surface area contributed by atoms with Crippen molar-refractivity contribution in [2.75, 3.05) is 0 Å². The van der Waals surface area contributed by atoms with E-state index in [1.807, 2.05) is 0 Å². The second kappa shape index (κ2) is 6.66. The summed E-state index contributed by atoms with van der Waals surface area (Å²) in [6.45, 7) is 6.97. The van der Waals surface area contributed by atoms with E-state index >= 15 is 0 Å². The molecule has 0 aromatic heterocycles. The Hall–Kier alpha value is -0.830. The minimum Gasteiger partial charge on any atom is -0.456 e. The van der Waals surface area contributed by atoms with Crippen LogP contribution in [-0.4, -0.2) is 23.3 Å². The first-order valence-corrected chi connectivity index (χ1v) is 4.63. The molecule has 0 radical (unpaired) electrons. The normalized spacial score (nSPS) is 14.7. The van der Waals surface area contributed by atoms with Gasteiger partial charge in [0, 0.05) is 6.08 Å². The lowest BCUT2D eigenvalue weighted by atomic mass is 10.1. The zero-order chi connectivity index (χ0) is 10.3. The molecule has 0 aliphatic rings. The van der Waals surface area contributed by atoms with Gasteiger partial charge in [0.15, 0.2) is 0 Å². The van der Waals surface area contributed by atoms with Crippen molar-refractivity contribution in [3.63, 3.8) is 0 Å². The predicted molar refractivity (Wildman–Crippen MR) is 51.3 cm³/mol. The third kappa shape index (κ3) is 5.42. The molecule has 0 heterocycles. The monoisotopic (exact) mass is 186 g/mol. The molecule has 0 amide bonds. The van der Waals surface area contributed by atoms with Crippen LogP contribution in [0.25, 0.3) is 0 Å². The van der Waals surface area contributed by atoms with Crippen molar-refractivity contribution in [2.45, 2.75) is 45.3 Å². The van der Waals surface area contributed by atoms with Gasteiger partial charge >= 0.3 is 5.97 Å². The van der Waals surface area contributed by atoms with Crippen LogP contribution in [-0.2, 0) is 9.53 Å². The molecule has 0 saturated heterocycles. The second-order valence-corrected chi connectivity index (χ2v) is 3.06. The van der Waals surface area contributed by atoms with Gasteiger partial charge in [-0.25, -0.2) is 4.79 Å². The highest BCUT2D eigenvalue weighted by atomic mass is 16.6. The number of esters is 1. The number of unbranched alkanes of at least 4 members (excludes halogenated alkanes) is 1. The van der Waals surface area contributed by atoms with Gasteiger partial charge in [-0.1, -0.05) is 19.9 Å². The highest BCUT2D eigenvalue weighted by Crippen LogP contribution is 2.09. The zero-order valence-corrected chi connectivity index (χ0v) is 8.32. The topological polar surface area (TPSA) is 46.5 Å². The molecule has 2 unspecified atom stereocenters. The Morgan fingerprint density at radius 2 is 2.31 bits per heavy atom. The van der Waals surface area contributed by atoms with E-state index < -0.39 is 18.2 Å². The van der Waals surface area contributed by atoms with Crippen LogP contribution in [0.1, 0.15) is 33.1 Å². The third-order valence-electron chi connectivity index (χ3n) is 1.81. The van der Waals surface area contributed by atoms with Gasteiger partial charge in [-0.05, 0) is 19.8 Å². The van der Waals surface area contributed by atoms with Crippen LogP contribution in [0.4, 0.5) is 0 Å². The van der Waals surface area contributed by atoms with Crippen LogP contribution >= 0.6 is 0 Å². The molecule has 0 saturated carbocycles. The zero-order valence-electron chi connectivity index (χ0n) is 8.32. The van der Waals surface area contributed by atoms with Crippen molar-refractivity contribution in [3.8, 4) is 0 Å². The van der Waals surface area contributed by atoms with Crippen LogP contribution in [0.15, 0.2) is 12.7 Å². The number of carbonyl (C=O) groups excluding carboxylic acids is 1. The average molecular weight is 186 g/mol. The maximum Gasteiger partial charge on any atom is 0.330 e. The SMILES string of the molecule is C=CC(=O)OC(CCCC)C(C)O. The molecular weight excluding hydrogens is 168 g/mol. The molecule has 76 valence electrons. The number of ether oxygens (including phenoxy) is 1. The largest absolute Gasteiger partial charge is 0.456 e. The first-order valence-electron chi connectivity index (χ1n) is 4.63. The molecule has 13 heavy (non-hydrogen) atoms. The smallest absolute Gasteiger partial charge is 0.330 e. The highest BCUT2D eigenvalue weighted by molar-refractivity contribution is 5.81. The number of rotatable bonds is 6. The van der Waals surface area contributed by atoms with Gasteiger partial charge in [-0.3, -0.25) is 0 Å². The Kier molecular flexibility index (Phi) is 6.24. The van der Waals surface area contributed by atoms with E-state index in [1.165, 1.54) is 0 Å². The summed E-state index contributed by atoms with van der Waals surface area (Å²) in [5.74, 6) is -0.470. The summed E-state index contributed by atoms with van der Waals surface area (Å²) >= 11 is 0. The highest BCUT2D eigenvalue weighted by Gasteiger charge is 2.17. The van der Waals surface area contributed by atoms with E-state index in [-0.39, 0.29) is 0 Å². The number of hydrogen-bond donors (Lipinski definition) is 1. The number of aliphatic hydroxyl groups is 1. The molecule has 2 atom stereocenters. The summed E-state index contributed by atoms with van der Waals surface area (Å²) in [5.41, 5.74) is 0. The van der Waals surface area contributed by atoms with Crippen molar-refractivity contribution in [1.82, 2.24) is 0 Å². The molecule has 0 spiro atoms. The van der Waals surface area contributed by atoms with Crippen LogP contribution in [0.3, 0.4) is 0 Å². The number of hydrogen-bond acceptors (Lipinski definition) is 3. The van der Waals surface area contributed by atoms with Gasteiger partial charge in [-0.2, -0.15) is 0 Å². The van der Waals surface area contributed by atoms with Gasteiger partial charge in [-0.15, -0.1) is 0 Å². The average Bonchev–Trinajstić information content (AvgIpc) is 2.11. The molecule has 3 heteroatoms. The maximum absolute atomic E-state index is 10.8. The lowest BCUT2D eigenvalue weighted by Crippen LogP contribution is -2.28. The summed E-state index contributed by atoms with van der Waals surface area (Å²) in [6.07, 6.45) is 2.77. The minimum absolute atomic E-state index is 0.398. The van der Waals surface area contributed by atoms with E-state index in [0.717, 1.165) is 18.9 Å². The van der Waals surface area contributed by atoms with E-state index in [4.69, 9.17) is 4.74 Å². The lowest BCUT2D eigenvalue weighted by molar-refractivity contribution is -0.148. The number of aliphatic hydroxyl groups excluding tert-OH is 1. The van der Waals surface area contributed by atoms with Gasteiger partial charge in [0.25, 0.3) is 0 Å². The predicted octanol–water partition coefficient (Wildman–Crippen LogP) is 1.66. The van der Waals surface area contributed by atoms with Crippen molar-refractivity contribution < 1.29 is 14.6 Å². The van der Waals surface area contributed by atoms with E-state index in [0.29, 0.717) is 6.42 Å². The first-order chi connectivity index (χ1) is 6.11. The molecule has 0 rings (SSSR count). The Bertz CT molecular complexity index is 164. The molecule has 0 fully saturated rings. The summed E-state index contributed by atoms with van der Waals surface area (Å²) in [5, 5.41) is 9.27. The van der Waals surface area contributed by atoms with E-state index in [1.54, 1.807) is 6.92 Å². The standard InChI is InChI=1S/C10H18O3/c1-4-6-7-9(8(3)11)13-10(12)5-2/h5,8-9,11H,2,4,6-7H2,1,3H3. The fourth-order valence-electron chi connectivity index (χ4n) is 1.00. The first kappa shape index (κ1) is 12.2. The molecule has 3 nitrogen and oxygen atoms in total. The molecule has 0 aromatic carbocycles. The number of carbonyl (C=O) groups is 1. The lowest BCUT2D eigenvalue weighted by Gasteiger charge is -2.19. The van der Waals surface area contributed by atoms with Crippen LogP contribution < -0.4 is 0 Å². The summed E-state index contributed by atoms with van der Waals surface area (Å²) in [7, 11) is 0. The minimum atomic E-state index is -0.615. The molecule has 1 N–H and O–H groups in total. The van der Waals surface area contributed by atoms with Crippen LogP contribution in [0.5, 0.6) is 0 Å². The van der Waals surface area contributed by atoms with Crippen LogP contribution in [0.2, 0.25) is 0 Å². The van der Waals surface area contributed by atoms with E-state index in [2.05, 4.69) is 13.5 Å². The van der Waals surface area contributed by atoms with Crippen molar-refractivity contribution in [2.24, 2.45) is 0 Å². The molecule has 0 aromatic rings. The fourth-order valence-corrected chi connectivity index (χ4v) is 1.00. The van der Waals surface area contributed by atoms with Crippen molar-refractivity contribution in [1.29, 1.82) is 0 Å². The quantitative estimate of drug-likeness (QED) is 0.507. The third-order valence-corrected chi connectivity index (χ3v) is 1.81. The molecule has 0 aliphatic heterocycles. The second-order valence-electron chi connectivity index (χ2n) is 3.06. The van der Waals surface area contributed by atoms with Gasteiger partial charge in [0.05, 0.1) is 6.10 Å². The molecule has 0 aliphatic carbocycles. The van der Waals surface area contributed by atoms with Crippen molar-refractivity contribution in [3.05, 3.63) is 12.7 Å². The fraction of sp³-hybridized carbons (Fsp3) is 0.700. The summed E-state index contributed by atoms with van der Waals surface area (Å²) in [6, 6.07) is 0. The van der Waals surface area contributed by atoms with Crippen LogP contribution in [0, 0.1) is 0 Å². The van der Waals surface area contributed by atoms with Gasteiger partial charge < -0.3 is 9.84 Å². The Labute approximate surface area is 79.4 Å². The Morgan fingerprint density at radius 1 is 1.69 bits per heavy atom. The molecule has 0 bridgehead atoms.